The molecule has 112 valence electrons. The fourth-order valence-electron chi connectivity index (χ4n) is 1.59. The smallest absolute Gasteiger partial charge is 0.416 e. The van der Waals surface area contributed by atoms with Gasteiger partial charge in [0.05, 0.1) is 22.6 Å². The zero-order valence-electron chi connectivity index (χ0n) is 10.4. The van der Waals surface area contributed by atoms with Crippen molar-refractivity contribution in [2.45, 2.75) is 13.1 Å². The molecule has 0 fully saturated rings. The molecular formula is C11H7F3N2O4S. The summed E-state index contributed by atoms with van der Waals surface area (Å²) in [7, 11) is 0. The Morgan fingerprint density at radius 1 is 1.48 bits per heavy atom. The Hall–Kier alpha value is -2.23. The van der Waals surface area contributed by atoms with Crippen LogP contribution in [0.5, 0.6) is 0 Å². The number of nitro benzene ring substituents is 1. The first kappa shape index (κ1) is 15.2. The number of non-ortho nitro benzene ring substituents is 1. The van der Waals surface area contributed by atoms with Gasteiger partial charge in [-0.3, -0.25) is 10.1 Å². The number of carbonyl (C=O) groups is 1. The number of alkyl halides is 3. The van der Waals surface area contributed by atoms with Crippen LogP contribution in [0.25, 0.3) is 10.2 Å². The first-order chi connectivity index (χ1) is 9.74. The summed E-state index contributed by atoms with van der Waals surface area (Å²) in [5, 5.41) is 10.7. The summed E-state index contributed by atoms with van der Waals surface area (Å²) >= 11 is 0.625. The molecule has 0 unspecified atom stereocenters. The zero-order valence-corrected chi connectivity index (χ0v) is 11.2. The van der Waals surface area contributed by atoms with Gasteiger partial charge in [0.1, 0.15) is 4.70 Å². The number of nitro groups is 1. The normalized spacial score (nSPS) is 11.6. The second-order valence-corrected chi connectivity index (χ2v) is 4.84. The van der Waals surface area contributed by atoms with E-state index in [0.717, 1.165) is 0 Å². The molecule has 1 aromatic carbocycles. The fourth-order valence-corrected chi connectivity index (χ4v) is 2.52. The van der Waals surface area contributed by atoms with Gasteiger partial charge in [-0.15, -0.1) is 0 Å². The van der Waals surface area contributed by atoms with E-state index in [9.17, 15) is 28.1 Å². The molecule has 2 rings (SSSR count). The summed E-state index contributed by atoms with van der Waals surface area (Å²) in [5.74, 6) is -0.832. The lowest BCUT2D eigenvalue weighted by Gasteiger charge is -2.05. The van der Waals surface area contributed by atoms with Gasteiger partial charge < -0.3 is 4.74 Å². The first-order valence-electron chi connectivity index (χ1n) is 5.57. The van der Waals surface area contributed by atoms with E-state index in [1.807, 2.05) is 0 Å². The van der Waals surface area contributed by atoms with Crippen molar-refractivity contribution in [2.24, 2.45) is 0 Å². The largest absolute Gasteiger partial charge is 0.461 e. The van der Waals surface area contributed by atoms with Crippen molar-refractivity contribution < 1.29 is 27.6 Å². The maximum absolute atomic E-state index is 12.7. The minimum atomic E-state index is -4.74. The third kappa shape index (κ3) is 2.94. The van der Waals surface area contributed by atoms with Gasteiger partial charge in [0.15, 0.2) is 0 Å². The van der Waals surface area contributed by atoms with Crippen LogP contribution in [0, 0.1) is 10.1 Å². The van der Waals surface area contributed by atoms with Crippen molar-refractivity contribution in [1.29, 1.82) is 0 Å². The number of ether oxygens (including phenoxy) is 1. The number of rotatable bonds is 3. The molecule has 0 N–H and O–H groups in total. The average molecular weight is 320 g/mol. The summed E-state index contributed by atoms with van der Waals surface area (Å²) in [6, 6.07) is 1.09. The molecule has 21 heavy (non-hydrogen) atoms. The van der Waals surface area contributed by atoms with Crippen LogP contribution in [0.2, 0.25) is 0 Å². The van der Waals surface area contributed by atoms with Crippen molar-refractivity contribution in [3.63, 3.8) is 0 Å². The van der Waals surface area contributed by atoms with Crippen LogP contribution in [0.3, 0.4) is 0 Å². The number of benzene rings is 1. The number of halogens is 3. The second-order valence-electron chi connectivity index (χ2n) is 3.84. The molecule has 1 heterocycles. The molecule has 0 atom stereocenters. The highest BCUT2D eigenvalue weighted by atomic mass is 32.1. The monoisotopic (exact) mass is 320 g/mol. The Morgan fingerprint density at radius 2 is 2.14 bits per heavy atom. The van der Waals surface area contributed by atoms with E-state index in [2.05, 4.69) is 9.72 Å². The average Bonchev–Trinajstić information content (AvgIpc) is 2.80. The maximum atomic E-state index is 12.7. The predicted octanol–water partition coefficient (Wildman–Crippen LogP) is 3.40. The number of carbonyl (C=O) groups excluding carboxylic acids is 1. The van der Waals surface area contributed by atoms with Crippen molar-refractivity contribution in [1.82, 2.24) is 4.98 Å². The van der Waals surface area contributed by atoms with Crippen LogP contribution in [0.1, 0.15) is 22.3 Å². The summed E-state index contributed by atoms with van der Waals surface area (Å²) < 4.78 is 42.7. The quantitative estimate of drug-likeness (QED) is 0.492. The van der Waals surface area contributed by atoms with Gasteiger partial charge in [0.25, 0.3) is 5.69 Å². The van der Waals surface area contributed by atoms with Gasteiger partial charge in [-0.05, 0) is 13.0 Å². The number of hydrogen-bond acceptors (Lipinski definition) is 6. The van der Waals surface area contributed by atoms with Crippen molar-refractivity contribution >= 4 is 33.2 Å². The molecule has 0 saturated heterocycles. The van der Waals surface area contributed by atoms with E-state index in [4.69, 9.17) is 0 Å². The molecule has 0 aliphatic carbocycles. The molecule has 1 aromatic heterocycles. The SMILES string of the molecule is CCOC(=O)c1nc2cc(C(F)(F)F)cc([N+](=O)[O-])c2s1. The fraction of sp³-hybridized carbons (Fsp3) is 0.273. The van der Waals surface area contributed by atoms with Gasteiger partial charge in [0.2, 0.25) is 5.01 Å². The number of esters is 1. The van der Waals surface area contributed by atoms with E-state index >= 15 is 0 Å². The number of aromatic nitrogens is 1. The highest BCUT2D eigenvalue weighted by Gasteiger charge is 2.34. The first-order valence-corrected chi connectivity index (χ1v) is 6.39. The highest BCUT2D eigenvalue weighted by molar-refractivity contribution is 7.20. The number of thiazole rings is 1. The standard InChI is InChI=1S/C11H7F3N2O4S/c1-2-20-10(17)9-15-6-3-5(11(12,13)14)4-7(16(18)19)8(6)21-9/h3-4H,2H2,1H3. The van der Waals surface area contributed by atoms with Crippen LogP contribution in [0.15, 0.2) is 12.1 Å². The molecule has 0 spiro atoms. The molecule has 0 aliphatic heterocycles. The molecular weight excluding hydrogens is 313 g/mol. The summed E-state index contributed by atoms with van der Waals surface area (Å²) in [6.45, 7) is 1.61. The Bertz CT molecular complexity index is 726. The highest BCUT2D eigenvalue weighted by Crippen LogP contribution is 2.38. The maximum Gasteiger partial charge on any atom is 0.416 e. The van der Waals surface area contributed by atoms with Crippen LogP contribution >= 0.6 is 11.3 Å². The Labute approximate surface area is 119 Å². The van der Waals surface area contributed by atoms with E-state index < -0.39 is 28.3 Å². The van der Waals surface area contributed by atoms with Crippen LogP contribution in [-0.4, -0.2) is 22.5 Å². The number of fused-ring (bicyclic) bond motifs is 1. The lowest BCUT2D eigenvalue weighted by molar-refractivity contribution is -0.383. The third-order valence-corrected chi connectivity index (χ3v) is 3.52. The molecule has 0 aliphatic rings. The molecule has 0 bridgehead atoms. The van der Waals surface area contributed by atoms with Crippen LogP contribution < -0.4 is 0 Å². The van der Waals surface area contributed by atoms with Crippen molar-refractivity contribution in [2.75, 3.05) is 6.61 Å². The van der Waals surface area contributed by atoms with Gasteiger partial charge in [-0.2, -0.15) is 13.2 Å². The minimum Gasteiger partial charge on any atom is -0.461 e. The lowest BCUT2D eigenvalue weighted by atomic mass is 10.2. The minimum absolute atomic E-state index is 0.0602. The summed E-state index contributed by atoms with van der Waals surface area (Å²) in [6.07, 6.45) is -4.74. The van der Waals surface area contributed by atoms with Gasteiger partial charge in [0, 0.05) is 6.07 Å². The van der Waals surface area contributed by atoms with E-state index in [0.29, 0.717) is 23.5 Å². The van der Waals surface area contributed by atoms with Crippen molar-refractivity contribution in [3.8, 4) is 0 Å². The van der Waals surface area contributed by atoms with Gasteiger partial charge in [-0.1, -0.05) is 11.3 Å². The number of nitrogens with zero attached hydrogens (tertiary/aromatic N) is 2. The van der Waals surface area contributed by atoms with E-state index in [1.165, 1.54) is 0 Å². The van der Waals surface area contributed by atoms with Crippen LogP contribution in [0.4, 0.5) is 18.9 Å². The molecule has 6 nitrogen and oxygen atoms in total. The lowest BCUT2D eigenvalue weighted by Crippen LogP contribution is -2.05. The topological polar surface area (TPSA) is 82.3 Å². The van der Waals surface area contributed by atoms with Gasteiger partial charge >= 0.3 is 12.1 Å². The Kier molecular flexibility index (Phi) is 3.81. The van der Waals surface area contributed by atoms with Gasteiger partial charge in [-0.25, -0.2) is 9.78 Å². The van der Waals surface area contributed by atoms with E-state index in [1.54, 1.807) is 6.92 Å². The van der Waals surface area contributed by atoms with E-state index in [-0.39, 0.29) is 21.8 Å². The second kappa shape index (κ2) is 5.28. The van der Waals surface area contributed by atoms with Crippen LogP contribution in [-0.2, 0) is 10.9 Å². The molecule has 0 saturated carbocycles. The molecule has 0 radical (unpaired) electrons. The Balaban J connectivity index is 2.66. The Morgan fingerprint density at radius 3 is 2.67 bits per heavy atom. The number of hydrogen-bond donors (Lipinski definition) is 0. The summed E-state index contributed by atoms with van der Waals surface area (Å²) in [5.41, 5.74) is -2.19. The zero-order chi connectivity index (χ0) is 15.8. The summed E-state index contributed by atoms with van der Waals surface area (Å²) in [4.78, 5) is 25.2. The van der Waals surface area contributed by atoms with Crippen molar-refractivity contribution in [3.05, 3.63) is 32.8 Å². The molecule has 2 aromatic rings. The molecule has 10 heteroatoms. The molecule has 0 amide bonds. The third-order valence-electron chi connectivity index (χ3n) is 2.44. The predicted molar refractivity (Wildman–Crippen MR) is 67.2 cm³/mol.